The maximum atomic E-state index is 14.4. The third-order valence-electron chi connectivity index (χ3n) is 7.79. The van der Waals surface area contributed by atoms with Crippen LogP contribution in [0.15, 0.2) is 90.0 Å². The minimum absolute atomic E-state index is 0.149. The number of nitrogens with zero attached hydrogens (tertiary/aromatic N) is 4. The maximum absolute atomic E-state index is 14.4. The highest BCUT2D eigenvalue weighted by atomic mass is 35.5. The Balaban J connectivity index is 0.000000188. The topological polar surface area (TPSA) is 68.1 Å². The van der Waals surface area contributed by atoms with Gasteiger partial charge in [-0.15, -0.1) is 0 Å². The van der Waals surface area contributed by atoms with Crippen LogP contribution in [0.25, 0.3) is 33.7 Å². The molecule has 6 rings (SSSR count). The molecule has 0 aliphatic carbocycles. The molecule has 1 amide bonds. The molecule has 0 unspecified atom stereocenters. The summed E-state index contributed by atoms with van der Waals surface area (Å²) >= 11 is 12.3. The molecule has 0 bridgehead atoms. The molecule has 48 heavy (non-hydrogen) atoms. The predicted molar refractivity (Wildman–Crippen MR) is 179 cm³/mol. The van der Waals surface area contributed by atoms with E-state index in [4.69, 9.17) is 23.2 Å². The Morgan fingerprint density at radius 1 is 0.646 bits per heavy atom. The van der Waals surface area contributed by atoms with E-state index in [0.717, 1.165) is 12.1 Å². The Morgan fingerprint density at radius 3 is 1.71 bits per heavy atom. The molecule has 1 aliphatic heterocycles. The molecular formula is C36H28Cl2F4N4O2. The molecule has 12 heteroatoms. The standard InChI is InChI=1S/C18H15ClF2N2O.C18H13ClF2N2O/c2*1-2-23-15(24)9-8-11(12-5-4-10-22-18(12)19)17(23)16-13(20)6-3-7-14(16)21/h3-7,10H,2,8-9H2,1H3;3-10H,2H2,1H3. The zero-order valence-electron chi connectivity index (χ0n) is 25.8. The van der Waals surface area contributed by atoms with E-state index in [0.29, 0.717) is 35.2 Å². The van der Waals surface area contributed by atoms with Gasteiger partial charge in [0.2, 0.25) is 5.91 Å². The largest absolute Gasteiger partial charge is 0.312 e. The van der Waals surface area contributed by atoms with E-state index in [9.17, 15) is 27.2 Å². The number of benzene rings is 2. The fourth-order valence-electron chi connectivity index (χ4n) is 5.68. The van der Waals surface area contributed by atoms with Crippen molar-refractivity contribution in [2.75, 3.05) is 6.54 Å². The molecule has 1 aliphatic rings. The minimum atomic E-state index is -0.746. The van der Waals surface area contributed by atoms with Crippen LogP contribution in [0.2, 0.25) is 10.3 Å². The van der Waals surface area contributed by atoms with Crippen LogP contribution in [0, 0.1) is 23.3 Å². The minimum Gasteiger partial charge on any atom is -0.312 e. The molecule has 0 radical (unpaired) electrons. The summed E-state index contributed by atoms with van der Waals surface area (Å²) in [6.45, 7) is 4.07. The fourth-order valence-corrected chi connectivity index (χ4v) is 6.14. The van der Waals surface area contributed by atoms with E-state index < -0.39 is 23.3 Å². The Bertz CT molecular complexity index is 2060. The highest BCUT2D eigenvalue weighted by Gasteiger charge is 2.31. The summed E-state index contributed by atoms with van der Waals surface area (Å²) in [4.78, 5) is 33.9. The second-order valence-electron chi connectivity index (χ2n) is 10.5. The van der Waals surface area contributed by atoms with Crippen LogP contribution in [-0.2, 0) is 11.3 Å². The number of hydrogen-bond acceptors (Lipinski definition) is 4. The number of aromatic nitrogens is 3. The van der Waals surface area contributed by atoms with Gasteiger partial charge in [-0.25, -0.2) is 27.5 Å². The molecule has 2 aromatic carbocycles. The number of rotatable bonds is 6. The van der Waals surface area contributed by atoms with Crippen molar-refractivity contribution in [3.63, 3.8) is 0 Å². The smallest absolute Gasteiger partial charge is 0.251 e. The zero-order valence-corrected chi connectivity index (χ0v) is 27.3. The van der Waals surface area contributed by atoms with E-state index in [1.807, 2.05) is 0 Å². The van der Waals surface area contributed by atoms with Crippen LogP contribution in [0.1, 0.15) is 37.8 Å². The van der Waals surface area contributed by atoms with Gasteiger partial charge in [-0.2, -0.15) is 0 Å². The summed E-state index contributed by atoms with van der Waals surface area (Å²) in [5.41, 5.74) is 1.72. The van der Waals surface area contributed by atoms with Crippen LogP contribution < -0.4 is 5.56 Å². The Kier molecular flexibility index (Phi) is 10.8. The number of allylic oxidation sites excluding steroid dienone is 1. The highest BCUT2D eigenvalue weighted by Crippen LogP contribution is 2.41. The molecule has 0 atom stereocenters. The van der Waals surface area contributed by atoms with Crippen LogP contribution in [0.5, 0.6) is 0 Å². The van der Waals surface area contributed by atoms with E-state index in [-0.39, 0.29) is 57.3 Å². The summed E-state index contributed by atoms with van der Waals surface area (Å²) in [5.74, 6) is -3.08. The van der Waals surface area contributed by atoms with Gasteiger partial charge in [0.15, 0.2) is 0 Å². The number of pyridine rings is 3. The molecule has 0 spiro atoms. The second-order valence-corrected chi connectivity index (χ2v) is 11.2. The average Bonchev–Trinajstić information content (AvgIpc) is 3.06. The molecule has 3 aromatic heterocycles. The number of carbonyl (C=O) groups is 1. The van der Waals surface area contributed by atoms with Gasteiger partial charge in [-0.1, -0.05) is 41.4 Å². The van der Waals surface area contributed by atoms with E-state index in [1.165, 1.54) is 52.1 Å². The van der Waals surface area contributed by atoms with Gasteiger partial charge in [0.1, 0.15) is 33.6 Å². The fraction of sp³-hybridized carbons (Fsp3) is 0.167. The Morgan fingerprint density at radius 2 is 1.19 bits per heavy atom. The van der Waals surface area contributed by atoms with Crippen molar-refractivity contribution < 1.29 is 22.4 Å². The normalized spacial score (nSPS) is 13.0. The zero-order chi connectivity index (χ0) is 34.5. The first-order valence-corrected chi connectivity index (χ1v) is 15.7. The SMILES string of the molecule is CCN1C(=O)CCC(c2cccnc2Cl)=C1c1c(F)cccc1F.CCn1c(-c2c(F)cccc2F)c(-c2cccnc2Cl)ccc1=O. The van der Waals surface area contributed by atoms with E-state index in [1.54, 1.807) is 44.3 Å². The lowest BCUT2D eigenvalue weighted by molar-refractivity contribution is -0.128. The summed E-state index contributed by atoms with van der Waals surface area (Å²) in [6, 6.07) is 16.9. The third-order valence-corrected chi connectivity index (χ3v) is 8.40. The molecule has 5 aromatic rings. The first kappa shape index (κ1) is 34.5. The number of amides is 1. The molecule has 0 saturated carbocycles. The van der Waals surface area contributed by atoms with Gasteiger partial charge in [0.25, 0.3) is 5.56 Å². The lowest BCUT2D eigenvalue weighted by Gasteiger charge is -2.32. The van der Waals surface area contributed by atoms with Crippen LogP contribution in [0.4, 0.5) is 17.6 Å². The van der Waals surface area contributed by atoms with Crippen molar-refractivity contribution in [3.8, 4) is 22.4 Å². The van der Waals surface area contributed by atoms with Crippen molar-refractivity contribution in [2.45, 2.75) is 33.2 Å². The lowest BCUT2D eigenvalue weighted by atomic mass is 9.91. The summed E-state index contributed by atoms with van der Waals surface area (Å²) in [6.07, 6.45) is 3.67. The molecule has 0 saturated heterocycles. The average molecular weight is 696 g/mol. The van der Waals surface area contributed by atoms with Gasteiger partial charge in [-0.3, -0.25) is 9.59 Å². The monoisotopic (exact) mass is 694 g/mol. The molecular weight excluding hydrogens is 667 g/mol. The third kappa shape index (κ3) is 6.77. The van der Waals surface area contributed by atoms with Crippen molar-refractivity contribution in [3.05, 3.63) is 140 Å². The van der Waals surface area contributed by atoms with Crippen molar-refractivity contribution >= 4 is 40.4 Å². The number of hydrogen-bond donors (Lipinski definition) is 0. The van der Waals surface area contributed by atoms with E-state index >= 15 is 0 Å². The molecule has 0 fully saturated rings. The van der Waals surface area contributed by atoms with Crippen LogP contribution in [0.3, 0.4) is 0 Å². The summed E-state index contributed by atoms with van der Waals surface area (Å²) in [7, 11) is 0. The quantitative estimate of drug-likeness (QED) is 0.131. The van der Waals surface area contributed by atoms with Gasteiger partial charge in [0, 0.05) is 54.7 Å². The van der Waals surface area contributed by atoms with Gasteiger partial charge in [0.05, 0.1) is 22.5 Å². The first-order valence-electron chi connectivity index (χ1n) is 15.0. The maximum Gasteiger partial charge on any atom is 0.251 e. The van der Waals surface area contributed by atoms with E-state index in [2.05, 4.69) is 9.97 Å². The van der Waals surface area contributed by atoms with Crippen molar-refractivity contribution in [1.82, 2.24) is 19.4 Å². The predicted octanol–water partition coefficient (Wildman–Crippen LogP) is 9.05. The number of halogens is 6. The lowest BCUT2D eigenvalue weighted by Crippen LogP contribution is -2.33. The summed E-state index contributed by atoms with van der Waals surface area (Å²) in [5, 5.41) is 0.434. The van der Waals surface area contributed by atoms with Gasteiger partial charge in [-0.05, 0) is 74.4 Å². The van der Waals surface area contributed by atoms with Crippen molar-refractivity contribution in [2.24, 2.45) is 0 Å². The van der Waals surface area contributed by atoms with Gasteiger partial charge >= 0.3 is 0 Å². The number of carbonyl (C=O) groups excluding carboxylic acids is 1. The second kappa shape index (κ2) is 15.0. The van der Waals surface area contributed by atoms with Gasteiger partial charge < -0.3 is 9.47 Å². The molecule has 6 nitrogen and oxygen atoms in total. The molecule has 4 heterocycles. The molecule has 0 N–H and O–H groups in total. The highest BCUT2D eigenvalue weighted by molar-refractivity contribution is 6.32. The Labute approximate surface area is 283 Å². The molecule has 246 valence electrons. The summed E-state index contributed by atoms with van der Waals surface area (Å²) < 4.78 is 58.9. The van der Waals surface area contributed by atoms with Crippen LogP contribution in [-0.4, -0.2) is 31.9 Å². The van der Waals surface area contributed by atoms with Crippen LogP contribution >= 0.6 is 23.2 Å². The first-order chi connectivity index (χ1) is 23.1. The Hall–Kier alpha value is -4.80. The van der Waals surface area contributed by atoms with Crippen molar-refractivity contribution in [1.29, 1.82) is 0 Å².